The third kappa shape index (κ3) is 4.90. The Labute approximate surface area is 160 Å². The lowest BCUT2D eigenvalue weighted by molar-refractivity contribution is -0.129. The van der Waals surface area contributed by atoms with Crippen molar-refractivity contribution in [2.75, 3.05) is 39.3 Å². The minimum atomic E-state index is 0.0295. The zero-order chi connectivity index (χ0) is 18.5. The van der Waals surface area contributed by atoms with E-state index in [9.17, 15) is 15.0 Å². The summed E-state index contributed by atoms with van der Waals surface area (Å²) in [5.41, 5.74) is 0.800. The Morgan fingerprint density at radius 3 is 2.46 bits per heavy atom. The van der Waals surface area contributed by atoms with Crippen LogP contribution in [0.2, 0.25) is 5.02 Å². The number of carbonyl (C=O) groups excluding carboxylic acids is 1. The Balaban J connectivity index is 1.58. The zero-order valence-corrected chi connectivity index (χ0v) is 16.0. The first-order chi connectivity index (χ1) is 12.6. The monoisotopic (exact) mass is 380 g/mol. The van der Waals surface area contributed by atoms with E-state index in [0.29, 0.717) is 19.0 Å². The van der Waals surface area contributed by atoms with Crippen molar-refractivity contribution < 1.29 is 15.0 Å². The number of benzene rings is 1. The van der Waals surface area contributed by atoms with Crippen LogP contribution in [0.25, 0.3) is 0 Å². The summed E-state index contributed by atoms with van der Waals surface area (Å²) in [7, 11) is 0. The van der Waals surface area contributed by atoms with Crippen LogP contribution in [-0.2, 0) is 11.2 Å². The summed E-state index contributed by atoms with van der Waals surface area (Å²) in [4.78, 5) is 17.1. The Kier molecular flexibility index (Phi) is 6.79. The average Bonchev–Trinajstić information content (AvgIpc) is 2.85. The van der Waals surface area contributed by atoms with E-state index in [1.807, 2.05) is 4.90 Å². The van der Waals surface area contributed by atoms with Crippen LogP contribution in [0.15, 0.2) is 18.2 Å². The fraction of sp³-hybridized carbons (Fsp3) is 0.650. The second kappa shape index (κ2) is 9.07. The van der Waals surface area contributed by atoms with Crippen LogP contribution in [0.4, 0.5) is 0 Å². The number of aliphatic hydroxyl groups excluding tert-OH is 1. The van der Waals surface area contributed by atoms with Crippen molar-refractivity contribution in [2.24, 2.45) is 11.8 Å². The first-order valence-electron chi connectivity index (χ1n) is 9.65. The topological polar surface area (TPSA) is 64.0 Å². The van der Waals surface area contributed by atoms with E-state index in [0.717, 1.165) is 25.2 Å². The molecule has 2 aliphatic heterocycles. The van der Waals surface area contributed by atoms with Gasteiger partial charge in [-0.2, -0.15) is 0 Å². The molecule has 0 aromatic heterocycles. The van der Waals surface area contributed by atoms with Gasteiger partial charge in [0, 0.05) is 32.2 Å². The molecule has 2 atom stereocenters. The molecule has 1 aromatic carbocycles. The summed E-state index contributed by atoms with van der Waals surface area (Å²) in [5, 5.41) is 19.6. The SMILES string of the molecule is O=C(Cc1ccc(O)c(Cl)c1)N1CC(CO)C(CN2CCCCCC2)C1. The number of rotatable bonds is 5. The van der Waals surface area contributed by atoms with Gasteiger partial charge in [0.05, 0.1) is 11.4 Å². The van der Waals surface area contributed by atoms with Crippen LogP contribution in [-0.4, -0.2) is 65.3 Å². The van der Waals surface area contributed by atoms with E-state index in [2.05, 4.69) is 4.90 Å². The molecular weight excluding hydrogens is 352 g/mol. The molecule has 2 N–H and O–H groups in total. The maximum atomic E-state index is 12.7. The molecule has 2 saturated heterocycles. The van der Waals surface area contributed by atoms with Gasteiger partial charge >= 0.3 is 0 Å². The Morgan fingerprint density at radius 1 is 1.12 bits per heavy atom. The highest BCUT2D eigenvalue weighted by molar-refractivity contribution is 6.32. The van der Waals surface area contributed by atoms with Gasteiger partial charge in [-0.1, -0.05) is 30.5 Å². The minimum Gasteiger partial charge on any atom is -0.506 e. The van der Waals surface area contributed by atoms with Crippen molar-refractivity contribution in [3.8, 4) is 5.75 Å². The van der Waals surface area contributed by atoms with E-state index >= 15 is 0 Å². The van der Waals surface area contributed by atoms with Gasteiger partial charge in [0.2, 0.25) is 5.91 Å². The highest BCUT2D eigenvalue weighted by Gasteiger charge is 2.35. The molecule has 2 aliphatic rings. The maximum absolute atomic E-state index is 12.7. The number of aliphatic hydroxyl groups is 1. The third-order valence-electron chi connectivity index (χ3n) is 5.72. The molecule has 1 aromatic rings. The summed E-state index contributed by atoms with van der Waals surface area (Å²) < 4.78 is 0. The molecule has 2 heterocycles. The van der Waals surface area contributed by atoms with Crippen molar-refractivity contribution in [2.45, 2.75) is 32.1 Å². The van der Waals surface area contributed by atoms with Gasteiger partial charge in [-0.15, -0.1) is 0 Å². The summed E-state index contributed by atoms with van der Waals surface area (Å²) in [5.74, 6) is 0.585. The summed E-state index contributed by atoms with van der Waals surface area (Å²) >= 11 is 5.93. The molecule has 26 heavy (non-hydrogen) atoms. The highest BCUT2D eigenvalue weighted by atomic mass is 35.5. The second-order valence-corrected chi connectivity index (χ2v) is 8.09. The number of nitrogens with zero attached hydrogens (tertiary/aromatic N) is 2. The molecule has 0 bridgehead atoms. The van der Waals surface area contributed by atoms with Crippen LogP contribution in [0.3, 0.4) is 0 Å². The molecule has 2 fully saturated rings. The van der Waals surface area contributed by atoms with Gasteiger partial charge in [-0.3, -0.25) is 4.79 Å². The molecule has 0 spiro atoms. The quantitative estimate of drug-likeness (QED) is 0.823. The molecule has 0 radical (unpaired) electrons. The van der Waals surface area contributed by atoms with E-state index in [1.54, 1.807) is 12.1 Å². The second-order valence-electron chi connectivity index (χ2n) is 7.68. The summed E-state index contributed by atoms with van der Waals surface area (Å²) in [6.45, 7) is 4.71. The number of amides is 1. The molecule has 5 nitrogen and oxygen atoms in total. The fourth-order valence-corrected chi connectivity index (χ4v) is 4.36. The molecule has 6 heteroatoms. The van der Waals surface area contributed by atoms with E-state index in [4.69, 9.17) is 11.6 Å². The van der Waals surface area contributed by atoms with Crippen molar-refractivity contribution in [1.29, 1.82) is 0 Å². The van der Waals surface area contributed by atoms with Gasteiger partial charge in [0.1, 0.15) is 5.75 Å². The number of halogens is 1. The molecule has 0 aliphatic carbocycles. The molecule has 2 unspecified atom stereocenters. The van der Waals surface area contributed by atoms with E-state index in [1.165, 1.54) is 31.7 Å². The van der Waals surface area contributed by atoms with Crippen LogP contribution >= 0.6 is 11.6 Å². The average molecular weight is 381 g/mol. The summed E-state index contributed by atoms with van der Waals surface area (Å²) in [6.07, 6.45) is 5.39. The lowest BCUT2D eigenvalue weighted by Crippen LogP contribution is -2.35. The van der Waals surface area contributed by atoms with Crippen molar-refractivity contribution >= 4 is 17.5 Å². The number of hydrogen-bond donors (Lipinski definition) is 2. The van der Waals surface area contributed by atoms with Crippen LogP contribution in [0, 0.1) is 11.8 Å². The van der Waals surface area contributed by atoms with E-state index < -0.39 is 0 Å². The smallest absolute Gasteiger partial charge is 0.227 e. The summed E-state index contributed by atoms with van der Waals surface area (Å²) in [6, 6.07) is 4.89. The number of aromatic hydroxyl groups is 1. The van der Waals surface area contributed by atoms with Crippen LogP contribution < -0.4 is 0 Å². The fourth-order valence-electron chi connectivity index (χ4n) is 4.15. The van der Waals surface area contributed by atoms with Gasteiger partial charge < -0.3 is 20.0 Å². The normalized spacial score (nSPS) is 24.6. The molecule has 144 valence electrons. The predicted octanol–water partition coefficient (Wildman–Crippen LogP) is 2.53. The van der Waals surface area contributed by atoms with Crippen molar-refractivity contribution in [3.63, 3.8) is 0 Å². The van der Waals surface area contributed by atoms with Crippen molar-refractivity contribution in [1.82, 2.24) is 9.80 Å². The maximum Gasteiger partial charge on any atom is 0.227 e. The number of phenols is 1. The van der Waals surface area contributed by atoms with Gasteiger partial charge in [-0.05, 0) is 49.5 Å². The minimum absolute atomic E-state index is 0.0295. The van der Waals surface area contributed by atoms with Gasteiger partial charge in [-0.25, -0.2) is 0 Å². The van der Waals surface area contributed by atoms with Crippen LogP contribution in [0.5, 0.6) is 5.75 Å². The predicted molar refractivity (Wildman–Crippen MR) is 102 cm³/mol. The standard InChI is InChI=1S/C20H29ClN2O3/c21-18-9-15(5-6-19(18)25)10-20(26)23-12-16(17(13-23)14-24)11-22-7-3-1-2-4-8-22/h5-6,9,16-17,24-25H,1-4,7-8,10-14H2. The Hall–Kier alpha value is -1.30. The molecular formula is C20H29ClN2O3. The first-order valence-corrected chi connectivity index (χ1v) is 10.0. The lowest BCUT2D eigenvalue weighted by atomic mass is 9.96. The van der Waals surface area contributed by atoms with Gasteiger partial charge in [0.15, 0.2) is 0 Å². The molecule has 0 saturated carbocycles. The molecule has 1 amide bonds. The van der Waals surface area contributed by atoms with E-state index in [-0.39, 0.29) is 35.6 Å². The lowest BCUT2D eigenvalue weighted by Gasteiger charge is -2.26. The largest absolute Gasteiger partial charge is 0.506 e. The number of carbonyl (C=O) groups is 1. The first kappa shape index (κ1) is 19.5. The molecule has 3 rings (SSSR count). The number of likely N-dealkylation sites (tertiary alicyclic amines) is 2. The van der Waals surface area contributed by atoms with Gasteiger partial charge in [0.25, 0.3) is 0 Å². The Bertz CT molecular complexity index is 617. The zero-order valence-electron chi connectivity index (χ0n) is 15.2. The van der Waals surface area contributed by atoms with Crippen LogP contribution in [0.1, 0.15) is 31.2 Å². The highest BCUT2D eigenvalue weighted by Crippen LogP contribution is 2.27. The number of hydrogen-bond acceptors (Lipinski definition) is 4. The number of phenolic OH excluding ortho intramolecular Hbond substituents is 1. The van der Waals surface area contributed by atoms with Crippen molar-refractivity contribution in [3.05, 3.63) is 28.8 Å². The third-order valence-corrected chi connectivity index (χ3v) is 6.03. The Morgan fingerprint density at radius 2 is 1.81 bits per heavy atom.